The number of nitriles is 1. The van der Waals surface area contributed by atoms with Crippen LogP contribution in [0, 0.1) is 11.3 Å². The third kappa shape index (κ3) is 2.55. The average Bonchev–Trinajstić information content (AvgIpc) is 2.91. The number of aromatic nitrogens is 2. The Bertz CT molecular complexity index is 835. The third-order valence-electron chi connectivity index (χ3n) is 3.82. The lowest BCUT2D eigenvalue weighted by molar-refractivity contribution is 0.377. The second kappa shape index (κ2) is 5.97. The van der Waals surface area contributed by atoms with Gasteiger partial charge in [0.1, 0.15) is 17.4 Å². The van der Waals surface area contributed by atoms with Crippen molar-refractivity contribution in [3.63, 3.8) is 0 Å². The van der Waals surface area contributed by atoms with Gasteiger partial charge in [0.25, 0.3) is 0 Å². The smallest absolute Gasteiger partial charge is 0.244 e. The number of allylic oxidation sites excluding steroid dienone is 1. The Kier molecular flexibility index (Phi) is 4.01. The molecule has 0 radical (unpaired) electrons. The summed E-state index contributed by atoms with van der Waals surface area (Å²) in [5, 5.41) is 27.0. The quantitative estimate of drug-likeness (QED) is 0.764. The fourth-order valence-electron chi connectivity index (χ4n) is 2.82. The van der Waals surface area contributed by atoms with Gasteiger partial charge in [-0.1, -0.05) is 29.3 Å². The maximum atomic E-state index is 10.3. The Morgan fingerprint density at radius 2 is 2.30 bits per heavy atom. The van der Waals surface area contributed by atoms with Crippen LogP contribution in [0.1, 0.15) is 36.1 Å². The third-order valence-corrected chi connectivity index (χ3v) is 4.31. The average molecular weight is 375 g/mol. The molecular formula is C16H15BrN4O2. The van der Waals surface area contributed by atoms with Crippen molar-refractivity contribution in [3.05, 3.63) is 50.9 Å². The summed E-state index contributed by atoms with van der Waals surface area (Å²) in [6.07, 6.45) is 1.67. The summed E-state index contributed by atoms with van der Waals surface area (Å²) in [4.78, 5) is 0. The van der Waals surface area contributed by atoms with Gasteiger partial charge in [-0.05, 0) is 24.6 Å². The molecule has 1 aromatic carbocycles. The van der Waals surface area contributed by atoms with Crippen molar-refractivity contribution in [2.75, 3.05) is 0 Å². The highest BCUT2D eigenvalue weighted by molar-refractivity contribution is 9.10. The molecule has 2 heterocycles. The van der Waals surface area contributed by atoms with Crippen LogP contribution in [-0.4, -0.2) is 15.3 Å². The summed E-state index contributed by atoms with van der Waals surface area (Å²) >= 11 is 3.40. The van der Waals surface area contributed by atoms with E-state index in [0.717, 1.165) is 28.6 Å². The largest absolute Gasteiger partial charge is 0.508 e. The first-order chi connectivity index (χ1) is 11.1. The molecule has 0 saturated heterocycles. The molecule has 0 aliphatic carbocycles. The zero-order valence-electron chi connectivity index (χ0n) is 12.4. The van der Waals surface area contributed by atoms with E-state index in [2.05, 4.69) is 39.1 Å². The lowest BCUT2D eigenvalue weighted by Gasteiger charge is -2.24. The van der Waals surface area contributed by atoms with Crippen LogP contribution in [0.15, 0.2) is 34.1 Å². The number of hydrogen-bond acceptors (Lipinski definition) is 5. The van der Waals surface area contributed by atoms with Gasteiger partial charge in [-0.15, -0.1) is 5.10 Å². The molecule has 6 nitrogen and oxygen atoms in total. The van der Waals surface area contributed by atoms with Crippen molar-refractivity contribution in [3.8, 4) is 17.7 Å². The molecule has 0 bridgehead atoms. The van der Waals surface area contributed by atoms with E-state index in [4.69, 9.17) is 10.5 Å². The number of phenolic OH excluding ortho intramolecular Hbond substituents is 1. The number of H-pyrrole nitrogens is 1. The second-order valence-corrected chi connectivity index (χ2v) is 6.21. The number of nitrogens with one attached hydrogen (secondary N) is 1. The van der Waals surface area contributed by atoms with Crippen LogP contribution in [0.5, 0.6) is 11.6 Å². The molecule has 1 aliphatic rings. The molecule has 0 spiro atoms. The molecule has 0 saturated carbocycles. The van der Waals surface area contributed by atoms with Gasteiger partial charge in [-0.25, -0.2) is 0 Å². The maximum absolute atomic E-state index is 10.3. The number of aromatic amines is 1. The van der Waals surface area contributed by atoms with Crippen molar-refractivity contribution in [1.82, 2.24) is 10.2 Å². The maximum Gasteiger partial charge on any atom is 0.244 e. The van der Waals surface area contributed by atoms with Crippen molar-refractivity contribution in [2.24, 2.45) is 5.73 Å². The zero-order valence-corrected chi connectivity index (χ0v) is 14.0. The SMILES string of the molecule is CCCc1[nH]nc2c1[C@H](c1cc(Br)ccc1O)C(C#N)=C(N)O2. The molecule has 4 N–H and O–H groups in total. The fraction of sp³-hybridized carbons (Fsp3) is 0.250. The van der Waals surface area contributed by atoms with Gasteiger partial charge in [0, 0.05) is 15.7 Å². The van der Waals surface area contributed by atoms with E-state index >= 15 is 0 Å². The fourth-order valence-corrected chi connectivity index (χ4v) is 3.20. The molecule has 0 unspecified atom stereocenters. The number of ether oxygens (including phenoxy) is 1. The van der Waals surface area contributed by atoms with Crippen molar-refractivity contribution < 1.29 is 9.84 Å². The van der Waals surface area contributed by atoms with Gasteiger partial charge >= 0.3 is 0 Å². The van der Waals surface area contributed by atoms with E-state index in [1.807, 2.05) is 0 Å². The number of hydrogen-bond donors (Lipinski definition) is 3. The summed E-state index contributed by atoms with van der Waals surface area (Å²) in [5.74, 6) is -0.0509. The number of aryl methyl sites for hydroxylation is 1. The van der Waals surface area contributed by atoms with Gasteiger partial charge in [0.15, 0.2) is 0 Å². The number of phenols is 1. The van der Waals surface area contributed by atoms with Crippen molar-refractivity contribution in [1.29, 1.82) is 5.26 Å². The van der Waals surface area contributed by atoms with Crippen molar-refractivity contribution >= 4 is 15.9 Å². The summed E-state index contributed by atoms with van der Waals surface area (Å²) in [6, 6.07) is 7.21. The molecule has 0 amide bonds. The molecule has 0 fully saturated rings. The highest BCUT2D eigenvalue weighted by atomic mass is 79.9. The molecular weight excluding hydrogens is 360 g/mol. The normalized spacial score (nSPS) is 16.7. The van der Waals surface area contributed by atoms with Gasteiger partial charge < -0.3 is 15.6 Å². The Morgan fingerprint density at radius 3 is 3.00 bits per heavy atom. The monoisotopic (exact) mass is 374 g/mol. The predicted octanol–water partition coefficient (Wildman–Crippen LogP) is 3.05. The van der Waals surface area contributed by atoms with E-state index in [1.54, 1.807) is 18.2 Å². The van der Waals surface area contributed by atoms with Gasteiger partial charge in [-0.2, -0.15) is 5.26 Å². The number of fused-ring (bicyclic) bond motifs is 1. The molecule has 3 rings (SSSR count). The first kappa shape index (κ1) is 15.4. The van der Waals surface area contributed by atoms with E-state index in [1.165, 1.54) is 0 Å². The van der Waals surface area contributed by atoms with Gasteiger partial charge in [0.05, 0.1) is 11.5 Å². The summed E-state index contributed by atoms with van der Waals surface area (Å²) in [6.45, 7) is 2.05. The topological polar surface area (TPSA) is 108 Å². The van der Waals surface area contributed by atoms with Crippen molar-refractivity contribution in [2.45, 2.75) is 25.7 Å². The molecule has 1 aromatic heterocycles. The molecule has 1 aliphatic heterocycles. The highest BCUT2D eigenvalue weighted by Gasteiger charge is 2.36. The predicted molar refractivity (Wildman–Crippen MR) is 87.7 cm³/mol. The lowest BCUT2D eigenvalue weighted by Crippen LogP contribution is -2.21. The number of benzene rings is 1. The number of nitrogens with zero attached hydrogens (tertiary/aromatic N) is 2. The number of halogens is 1. The van der Waals surface area contributed by atoms with Gasteiger partial charge in [0.2, 0.25) is 11.8 Å². The molecule has 7 heteroatoms. The minimum Gasteiger partial charge on any atom is -0.508 e. The van der Waals surface area contributed by atoms with Crippen LogP contribution in [0.2, 0.25) is 0 Å². The number of aromatic hydroxyl groups is 1. The van der Waals surface area contributed by atoms with Crippen LogP contribution < -0.4 is 10.5 Å². The van der Waals surface area contributed by atoms with Crippen LogP contribution in [0.3, 0.4) is 0 Å². The van der Waals surface area contributed by atoms with Crippen LogP contribution in [0.25, 0.3) is 0 Å². The Hall–Kier alpha value is -2.46. The van der Waals surface area contributed by atoms with E-state index < -0.39 is 5.92 Å². The standard InChI is InChI=1S/C16H15BrN4O2/c1-2-3-11-14-13(9-6-8(17)4-5-12(9)22)10(7-18)15(19)23-16(14)21-20-11/h4-6,13,22H,2-3,19H2,1H3,(H,20,21)/t13-/m1/s1. The summed E-state index contributed by atoms with van der Waals surface area (Å²) in [7, 11) is 0. The van der Waals surface area contributed by atoms with Crippen LogP contribution >= 0.6 is 15.9 Å². The second-order valence-electron chi connectivity index (χ2n) is 5.30. The van der Waals surface area contributed by atoms with E-state index in [9.17, 15) is 10.4 Å². The minimum atomic E-state index is -0.512. The summed E-state index contributed by atoms with van der Waals surface area (Å²) in [5.41, 5.74) is 8.38. The summed E-state index contributed by atoms with van der Waals surface area (Å²) < 4.78 is 6.28. The van der Waals surface area contributed by atoms with E-state index in [-0.39, 0.29) is 17.2 Å². The molecule has 23 heavy (non-hydrogen) atoms. The number of nitrogens with two attached hydrogens (primary N) is 1. The number of rotatable bonds is 3. The highest BCUT2D eigenvalue weighted by Crippen LogP contribution is 2.46. The van der Waals surface area contributed by atoms with Gasteiger partial charge in [-0.3, -0.25) is 5.10 Å². The Morgan fingerprint density at radius 1 is 1.52 bits per heavy atom. The molecule has 1 atom stereocenters. The minimum absolute atomic E-state index is 0.0129. The molecule has 2 aromatic rings. The van der Waals surface area contributed by atoms with Crippen LogP contribution in [0.4, 0.5) is 0 Å². The lowest BCUT2D eigenvalue weighted by atomic mass is 9.83. The molecule has 118 valence electrons. The Labute approximate surface area is 141 Å². The first-order valence-electron chi connectivity index (χ1n) is 7.20. The van der Waals surface area contributed by atoms with Crippen LogP contribution in [-0.2, 0) is 6.42 Å². The van der Waals surface area contributed by atoms with E-state index in [0.29, 0.717) is 11.4 Å². The first-order valence-corrected chi connectivity index (χ1v) is 7.99. The zero-order chi connectivity index (χ0) is 16.6. The Balaban J connectivity index is 2.26.